The van der Waals surface area contributed by atoms with E-state index in [4.69, 9.17) is 38.0 Å². The van der Waals surface area contributed by atoms with Crippen LogP contribution in [-0.2, 0) is 25.1 Å². The maximum atomic E-state index is 12.5. The standard InChI is InChI=1S/C29H32N6O6S.C29H30N6O5S/c1-29(2,26(36)37)24-16-25(33-41-24)32-27(38)30-19-5-3-18(4-6-19)21-17-35-22-8-7-20(15-23(22)42-28(35)31-21)40-14-11-34-9-12-39-13-10-34;1-29(2,18-36)25-16-26(33-40-25)32-27(37)30-20-5-3-19(4-6-20)22-17-35-23-8-7-21(15-24(23)41-28(35)31-22)39-14-11-34-9-12-38-13-10-34/h3-8,15-17,26,36-37H,9-14H2,1-2H3,(H2,30,32,33,38);3-8,15-18H,9-14H2,1-2H3,(H2,30,32,33,37). The van der Waals surface area contributed by atoms with Crippen LogP contribution in [0, 0.1) is 0 Å². The van der Waals surface area contributed by atoms with Gasteiger partial charge in [0.15, 0.2) is 33.6 Å². The zero-order chi connectivity index (χ0) is 57.7. The molecule has 0 bridgehead atoms. The first-order valence-corrected chi connectivity index (χ1v) is 28.6. The number of aliphatic hydroxyl groups excluding tert-OH is 1. The summed E-state index contributed by atoms with van der Waals surface area (Å²) < 4.78 is 39.6. The fourth-order valence-corrected chi connectivity index (χ4v) is 11.2. The molecule has 10 aromatic rings. The number of imidazole rings is 2. The van der Waals surface area contributed by atoms with E-state index < -0.39 is 29.2 Å². The molecule has 4 aromatic carbocycles. The number of ether oxygens (including phenoxy) is 4. The Kier molecular flexibility index (Phi) is 16.8. The monoisotopic (exact) mass is 1170 g/mol. The Balaban J connectivity index is 0.000000174. The first kappa shape index (κ1) is 56.6. The molecule has 432 valence electrons. The topological polar surface area (TPSA) is 270 Å². The van der Waals surface area contributed by atoms with Gasteiger partial charge in [0.05, 0.1) is 69.1 Å². The summed E-state index contributed by atoms with van der Waals surface area (Å²) in [4.78, 5) is 52.2. The number of benzene rings is 4. The lowest BCUT2D eigenvalue weighted by Gasteiger charge is -2.26. The second-order valence-electron chi connectivity index (χ2n) is 21.0. The lowest BCUT2D eigenvalue weighted by molar-refractivity contribution is -0.112. The van der Waals surface area contributed by atoms with Crippen molar-refractivity contribution < 1.29 is 52.6 Å². The molecule has 6 N–H and O–H groups in total. The number of hydrogen-bond donors (Lipinski definition) is 6. The quantitative estimate of drug-likeness (QED) is 0.0345. The number of anilines is 4. The van der Waals surface area contributed by atoms with E-state index in [1.54, 1.807) is 62.5 Å². The molecular weight excluding hydrogens is 1100 g/mol. The Morgan fingerprint density at radius 1 is 0.614 bits per heavy atom. The average molecular weight is 1170 g/mol. The highest BCUT2D eigenvalue weighted by Crippen LogP contribution is 2.35. The van der Waals surface area contributed by atoms with Gasteiger partial charge in [-0.05, 0) is 88.4 Å². The molecule has 0 spiro atoms. The van der Waals surface area contributed by atoms with Crippen molar-refractivity contribution in [2.45, 2.75) is 44.8 Å². The van der Waals surface area contributed by atoms with Crippen LogP contribution in [0.5, 0.6) is 11.5 Å². The van der Waals surface area contributed by atoms with Gasteiger partial charge in [-0.25, -0.2) is 19.6 Å². The van der Waals surface area contributed by atoms with Gasteiger partial charge >= 0.3 is 12.1 Å². The highest BCUT2D eigenvalue weighted by Gasteiger charge is 2.33. The minimum absolute atomic E-state index is 0.157. The summed E-state index contributed by atoms with van der Waals surface area (Å²) in [7, 11) is 0. The number of carbonyl (C=O) groups is 3. The van der Waals surface area contributed by atoms with Crippen LogP contribution in [-0.4, -0.2) is 153 Å². The number of urea groups is 2. The molecule has 2 saturated heterocycles. The Hall–Kier alpha value is -8.27. The second kappa shape index (κ2) is 24.7. The van der Waals surface area contributed by atoms with E-state index >= 15 is 0 Å². The van der Waals surface area contributed by atoms with Gasteiger partial charge < -0.3 is 53.6 Å². The third-order valence-electron chi connectivity index (χ3n) is 14.3. The lowest BCUT2D eigenvalue weighted by Crippen LogP contribution is -2.38. The number of aliphatic hydroxyl groups is 2. The first-order valence-electron chi connectivity index (χ1n) is 27.0. The van der Waals surface area contributed by atoms with Crippen LogP contribution in [0.15, 0.2) is 119 Å². The molecule has 83 heavy (non-hydrogen) atoms. The van der Waals surface area contributed by atoms with Gasteiger partial charge in [0.1, 0.15) is 36.8 Å². The molecule has 6 aromatic heterocycles. The van der Waals surface area contributed by atoms with Crippen LogP contribution in [0.3, 0.4) is 0 Å². The Morgan fingerprint density at radius 2 is 1.05 bits per heavy atom. The smallest absolute Gasteiger partial charge is 0.324 e. The van der Waals surface area contributed by atoms with E-state index in [2.05, 4.69) is 74.4 Å². The van der Waals surface area contributed by atoms with Gasteiger partial charge in [0, 0.05) is 86.3 Å². The molecule has 2 fully saturated rings. The zero-order valence-electron chi connectivity index (χ0n) is 46.0. The van der Waals surface area contributed by atoms with Crippen molar-refractivity contribution in [2.75, 3.05) is 100 Å². The summed E-state index contributed by atoms with van der Waals surface area (Å²) in [6, 6.07) is 29.1. The van der Waals surface area contributed by atoms with Crippen molar-refractivity contribution in [3.63, 3.8) is 0 Å². The maximum Gasteiger partial charge on any atom is 0.324 e. The van der Waals surface area contributed by atoms with Crippen LogP contribution < -0.4 is 30.7 Å². The first-order chi connectivity index (χ1) is 40.1. The van der Waals surface area contributed by atoms with Gasteiger partial charge in [0.25, 0.3) is 0 Å². The summed E-state index contributed by atoms with van der Waals surface area (Å²) >= 11 is 3.22. The number of carbonyl (C=O) groups excluding carboxylic acids is 3. The average Bonchev–Trinajstić information content (AvgIpc) is 4.50. The van der Waals surface area contributed by atoms with E-state index in [-0.39, 0.29) is 17.4 Å². The summed E-state index contributed by atoms with van der Waals surface area (Å²) in [6.07, 6.45) is 3.16. The molecule has 0 atom stereocenters. The SMILES string of the molecule is CC(C)(C=O)c1cc(NC(=O)Nc2ccc(-c3cn4c(n3)sc3cc(OCCN5CCOCC5)ccc34)cc2)no1.CC(C)(c1cc(NC(=O)Nc2ccc(-c3cn4c(n3)sc3cc(OCCN5CCOCC5)ccc34)cc2)no1)C(O)O. The third-order valence-corrected chi connectivity index (χ3v) is 16.3. The van der Waals surface area contributed by atoms with Gasteiger partial charge in [-0.3, -0.25) is 29.2 Å². The van der Waals surface area contributed by atoms with Crippen molar-refractivity contribution in [1.82, 2.24) is 38.9 Å². The molecule has 2 aliphatic rings. The van der Waals surface area contributed by atoms with Crippen LogP contribution in [0.4, 0.5) is 32.6 Å². The van der Waals surface area contributed by atoms with E-state index in [0.717, 1.165) is 136 Å². The van der Waals surface area contributed by atoms with Crippen LogP contribution in [0.25, 0.3) is 52.9 Å². The number of amides is 4. The maximum absolute atomic E-state index is 12.5. The molecule has 2 aliphatic heterocycles. The van der Waals surface area contributed by atoms with Gasteiger partial charge in [-0.15, -0.1) is 0 Å². The molecule has 0 aliphatic carbocycles. The lowest BCUT2D eigenvalue weighted by atomic mass is 9.89. The summed E-state index contributed by atoms with van der Waals surface area (Å²) in [6.45, 7) is 16.6. The van der Waals surface area contributed by atoms with E-state index in [9.17, 15) is 24.6 Å². The molecular formula is C58H62N12O11S2. The number of nitrogens with zero attached hydrogens (tertiary/aromatic N) is 8. The number of thiazole rings is 2. The van der Waals surface area contributed by atoms with Crippen LogP contribution in [0.1, 0.15) is 39.2 Å². The number of aldehydes is 1. The van der Waals surface area contributed by atoms with Crippen LogP contribution in [0.2, 0.25) is 0 Å². The van der Waals surface area contributed by atoms with Crippen molar-refractivity contribution >= 4 is 94.4 Å². The van der Waals surface area contributed by atoms with Crippen molar-refractivity contribution in [2.24, 2.45) is 0 Å². The van der Waals surface area contributed by atoms with Gasteiger partial charge in [-0.1, -0.05) is 57.3 Å². The van der Waals surface area contributed by atoms with E-state index in [0.29, 0.717) is 30.3 Å². The minimum Gasteiger partial charge on any atom is -0.492 e. The predicted octanol–water partition coefficient (Wildman–Crippen LogP) is 9.18. The van der Waals surface area contributed by atoms with Crippen molar-refractivity contribution in [3.05, 3.63) is 121 Å². The number of morpholine rings is 2. The van der Waals surface area contributed by atoms with Gasteiger partial charge in [-0.2, -0.15) is 0 Å². The molecule has 12 rings (SSSR count). The number of nitrogens with one attached hydrogen (secondary N) is 4. The Labute approximate surface area is 483 Å². The summed E-state index contributed by atoms with van der Waals surface area (Å²) in [5, 5.41) is 37.4. The fourth-order valence-electron chi connectivity index (χ4n) is 9.12. The fraction of sp³-hybridized carbons (Fsp3) is 0.328. The highest BCUT2D eigenvalue weighted by molar-refractivity contribution is 7.24. The number of rotatable bonds is 18. The molecule has 0 unspecified atom stereocenters. The Bertz CT molecular complexity index is 3870. The number of aromatic nitrogens is 6. The molecule has 25 heteroatoms. The zero-order valence-corrected chi connectivity index (χ0v) is 47.6. The molecule has 0 radical (unpaired) electrons. The molecule has 0 saturated carbocycles. The highest BCUT2D eigenvalue weighted by atomic mass is 32.1. The van der Waals surface area contributed by atoms with Crippen molar-refractivity contribution in [3.8, 4) is 34.0 Å². The van der Waals surface area contributed by atoms with Crippen LogP contribution >= 0.6 is 22.7 Å². The minimum atomic E-state index is -1.64. The number of fused-ring (bicyclic) bond motifs is 6. The molecule has 23 nitrogen and oxygen atoms in total. The molecule has 8 heterocycles. The second-order valence-corrected chi connectivity index (χ2v) is 23.0. The predicted molar refractivity (Wildman–Crippen MR) is 316 cm³/mol. The summed E-state index contributed by atoms with van der Waals surface area (Å²) in [5.74, 6) is 2.69. The molecule has 4 amide bonds. The van der Waals surface area contributed by atoms with Crippen molar-refractivity contribution in [1.29, 1.82) is 0 Å². The number of hydrogen-bond acceptors (Lipinski definition) is 19. The normalized spacial score (nSPS) is 14.5. The van der Waals surface area contributed by atoms with E-state index in [1.807, 2.05) is 60.9 Å². The largest absolute Gasteiger partial charge is 0.492 e. The Morgan fingerprint density at radius 3 is 1.48 bits per heavy atom. The third kappa shape index (κ3) is 13.3. The van der Waals surface area contributed by atoms with Gasteiger partial charge in [0.2, 0.25) is 0 Å². The van der Waals surface area contributed by atoms with E-state index in [1.165, 1.54) is 12.1 Å². The summed E-state index contributed by atoms with van der Waals surface area (Å²) in [5.41, 5.74) is 4.95.